The SMILES string of the molecule is CC(C)(C)OC(=O)N1CCC(O)(C2(CO)CCCS(=O)(=O)C2)C1. The number of carbonyl (C=O) groups excluding carboxylic acids is 1. The van der Waals surface area contributed by atoms with Crippen LogP contribution in [0.15, 0.2) is 0 Å². The number of β-amino-alcohol motifs (C(OH)–C–C–N with tert-alkyl or cyclic N) is 1. The van der Waals surface area contributed by atoms with Crippen LogP contribution in [0.25, 0.3) is 0 Å². The summed E-state index contributed by atoms with van der Waals surface area (Å²) in [4.78, 5) is 13.6. The van der Waals surface area contributed by atoms with E-state index in [1.165, 1.54) is 4.90 Å². The summed E-state index contributed by atoms with van der Waals surface area (Å²) in [5.41, 5.74) is -3.16. The lowest BCUT2D eigenvalue weighted by molar-refractivity contribution is -0.0958. The molecule has 0 aromatic heterocycles. The van der Waals surface area contributed by atoms with Gasteiger partial charge in [-0.15, -0.1) is 0 Å². The highest BCUT2D eigenvalue weighted by Gasteiger charge is 2.57. The van der Waals surface area contributed by atoms with Crippen LogP contribution in [0, 0.1) is 5.41 Å². The van der Waals surface area contributed by atoms with Crippen LogP contribution in [0.2, 0.25) is 0 Å². The van der Waals surface area contributed by atoms with Crippen molar-refractivity contribution in [2.45, 2.75) is 51.2 Å². The number of rotatable bonds is 2. The van der Waals surface area contributed by atoms with Gasteiger partial charge in [-0.3, -0.25) is 0 Å². The fraction of sp³-hybridized carbons (Fsp3) is 0.933. The topological polar surface area (TPSA) is 104 Å². The summed E-state index contributed by atoms with van der Waals surface area (Å²) < 4.78 is 29.3. The smallest absolute Gasteiger partial charge is 0.410 e. The molecule has 2 rings (SSSR count). The first-order valence-corrected chi connectivity index (χ1v) is 9.76. The molecule has 2 unspecified atom stereocenters. The summed E-state index contributed by atoms with van der Waals surface area (Å²) in [5.74, 6) is -0.157. The molecule has 0 saturated carbocycles. The molecular weight excluding hydrogens is 322 g/mol. The van der Waals surface area contributed by atoms with E-state index in [1.807, 2.05) is 0 Å². The minimum Gasteiger partial charge on any atom is -0.444 e. The molecule has 2 N–H and O–H groups in total. The molecule has 2 fully saturated rings. The van der Waals surface area contributed by atoms with E-state index in [9.17, 15) is 23.4 Å². The van der Waals surface area contributed by atoms with Crippen LogP contribution in [0.5, 0.6) is 0 Å². The third kappa shape index (κ3) is 3.80. The summed E-state index contributed by atoms with van der Waals surface area (Å²) in [6.07, 6.45) is 0.557. The highest BCUT2D eigenvalue weighted by Crippen LogP contribution is 2.45. The number of amides is 1. The Morgan fingerprint density at radius 2 is 1.96 bits per heavy atom. The van der Waals surface area contributed by atoms with Gasteiger partial charge in [-0.1, -0.05) is 0 Å². The number of ether oxygens (including phenoxy) is 1. The second-order valence-electron chi connectivity index (χ2n) is 7.82. The number of nitrogens with zero attached hydrogens (tertiary/aromatic N) is 1. The summed E-state index contributed by atoms with van der Waals surface area (Å²) in [5, 5.41) is 20.9. The maximum absolute atomic E-state index is 12.2. The molecule has 0 bridgehead atoms. The lowest BCUT2D eigenvalue weighted by atomic mass is 9.70. The van der Waals surface area contributed by atoms with Crippen molar-refractivity contribution in [3.05, 3.63) is 0 Å². The minimum absolute atomic E-state index is 0.0159. The van der Waals surface area contributed by atoms with Gasteiger partial charge in [-0.25, -0.2) is 13.2 Å². The third-order valence-electron chi connectivity index (χ3n) is 4.80. The Labute approximate surface area is 137 Å². The first-order valence-electron chi connectivity index (χ1n) is 7.94. The van der Waals surface area contributed by atoms with Crippen LogP contribution in [0.4, 0.5) is 4.79 Å². The highest BCUT2D eigenvalue weighted by atomic mass is 32.2. The number of aliphatic hydroxyl groups excluding tert-OH is 1. The van der Waals surface area contributed by atoms with Crippen molar-refractivity contribution in [1.29, 1.82) is 0 Å². The minimum atomic E-state index is -3.30. The fourth-order valence-electron chi connectivity index (χ4n) is 3.54. The van der Waals surface area contributed by atoms with Crippen LogP contribution in [0.3, 0.4) is 0 Å². The molecule has 8 heteroatoms. The second-order valence-corrected chi connectivity index (χ2v) is 10.0. The van der Waals surface area contributed by atoms with Gasteiger partial charge in [0.1, 0.15) is 5.60 Å². The number of sulfone groups is 1. The van der Waals surface area contributed by atoms with Gasteiger partial charge < -0.3 is 19.8 Å². The predicted octanol–water partition coefficient (Wildman–Crippen LogP) is 0.546. The number of likely N-dealkylation sites (tertiary alicyclic amines) is 1. The molecule has 23 heavy (non-hydrogen) atoms. The molecule has 1 amide bonds. The zero-order valence-corrected chi connectivity index (χ0v) is 14.9. The van der Waals surface area contributed by atoms with E-state index in [4.69, 9.17) is 4.74 Å². The van der Waals surface area contributed by atoms with Crippen LogP contribution in [0.1, 0.15) is 40.0 Å². The van der Waals surface area contributed by atoms with Crippen molar-refractivity contribution < 1.29 is 28.2 Å². The number of hydrogen-bond donors (Lipinski definition) is 2. The van der Waals surface area contributed by atoms with Gasteiger partial charge in [-0.05, 0) is 40.0 Å². The van der Waals surface area contributed by atoms with Crippen molar-refractivity contribution in [2.24, 2.45) is 5.41 Å². The van der Waals surface area contributed by atoms with Gasteiger partial charge in [-0.2, -0.15) is 0 Å². The van der Waals surface area contributed by atoms with Gasteiger partial charge >= 0.3 is 6.09 Å². The number of hydrogen-bond acceptors (Lipinski definition) is 6. The number of carbonyl (C=O) groups is 1. The maximum Gasteiger partial charge on any atom is 0.410 e. The molecule has 0 radical (unpaired) electrons. The van der Waals surface area contributed by atoms with Crippen molar-refractivity contribution in [3.8, 4) is 0 Å². The highest BCUT2D eigenvalue weighted by molar-refractivity contribution is 7.91. The van der Waals surface area contributed by atoms with E-state index >= 15 is 0 Å². The molecule has 2 saturated heterocycles. The molecule has 2 heterocycles. The Kier molecular flexibility index (Phi) is 4.74. The average molecular weight is 349 g/mol. The summed E-state index contributed by atoms with van der Waals surface area (Å²) in [6.45, 7) is 5.14. The Morgan fingerprint density at radius 3 is 2.48 bits per heavy atom. The maximum atomic E-state index is 12.2. The number of aliphatic hydroxyl groups is 2. The second kappa shape index (κ2) is 5.89. The molecule has 0 aliphatic carbocycles. The summed E-state index contributed by atoms with van der Waals surface area (Å²) in [6, 6.07) is 0. The average Bonchev–Trinajstić information content (AvgIpc) is 2.80. The molecule has 0 aromatic rings. The Morgan fingerprint density at radius 1 is 1.30 bits per heavy atom. The summed E-state index contributed by atoms with van der Waals surface area (Å²) >= 11 is 0. The van der Waals surface area contributed by atoms with E-state index in [0.29, 0.717) is 12.8 Å². The molecule has 0 spiro atoms. The van der Waals surface area contributed by atoms with Gasteiger partial charge in [0, 0.05) is 12.0 Å². The first-order chi connectivity index (χ1) is 10.4. The first kappa shape index (κ1) is 18.5. The molecule has 0 aromatic carbocycles. The van der Waals surface area contributed by atoms with E-state index in [-0.39, 0.29) is 31.0 Å². The van der Waals surface area contributed by atoms with E-state index in [0.717, 1.165) is 0 Å². The lowest BCUT2D eigenvalue weighted by Crippen LogP contribution is -2.58. The molecule has 2 aliphatic heterocycles. The zero-order valence-electron chi connectivity index (χ0n) is 14.0. The van der Waals surface area contributed by atoms with Gasteiger partial charge in [0.2, 0.25) is 0 Å². The van der Waals surface area contributed by atoms with Crippen LogP contribution >= 0.6 is 0 Å². The Balaban J connectivity index is 2.17. The monoisotopic (exact) mass is 349 g/mol. The third-order valence-corrected chi connectivity index (χ3v) is 6.70. The molecule has 134 valence electrons. The normalized spacial score (nSPS) is 34.4. The molecule has 7 nitrogen and oxygen atoms in total. The van der Waals surface area contributed by atoms with Crippen molar-refractivity contribution in [2.75, 3.05) is 31.2 Å². The van der Waals surface area contributed by atoms with Gasteiger partial charge in [0.15, 0.2) is 9.84 Å². The largest absolute Gasteiger partial charge is 0.444 e. The van der Waals surface area contributed by atoms with E-state index < -0.39 is 39.2 Å². The molecule has 2 atom stereocenters. The molecule has 2 aliphatic rings. The van der Waals surface area contributed by atoms with Gasteiger partial charge in [0.05, 0.1) is 30.3 Å². The zero-order chi connectivity index (χ0) is 17.5. The lowest BCUT2D eigenvalue weighted by Gasteiger charge is -2.46. The fourth-order valence-corrected chi connectivity index (χ4v) is 5.62. The summed E-state index contributed by atoms with van der Waals surface area (Å²) in [7, 11) is -3.30. The standard InChI is InChI=1S/C15H27NO6S/c1-13(2,3)22-12(18)16-7-6-15(19,9-16)14(10-17)5-4-8-23(20,21)11-14/h17,19H,4-11H2,1-3H3. The van der Waals surface area contributed by atoms with Crippen molar-refractivity contribution >= 4 is 15.9 Å². The van der Waals surface area contributed by atoms with Crippen molar-refractivity contribution in [3.63, 3.8) is 0 Å². The Hall–Kier alpha value is -0.860. The van der Waals surface area contributed by atoms with Crippen LogP contribution in [-0.2, 0) is 14.6 Å². The predicted molar refractivity (Wildman–Crippen MR) is 84.8 cm³/mol. The van der Waals surface area contributed by atoms with E-state index in [1.54, 1.807) is 20.8 Å². The van der Waals surface area contributed by atoms with Crippen molar-refractivity contribution in [1.82, 2.24) is 4.90 Å². The van der Waals surface area contributed by atoms with Crippen LogP contribution < -0.4 is 0 Å². The molecular formula is C15H27NO6S. The Bertz CT molecular complexity index is 569. The van der Waals surface area contributed by atoms with Gasteiger partial charge in [0.25, 0.3) is 0 Å². The quantitative estimate of drug-likeness (QED) is 0.754. The van der Waals surface area contributed by atoms with Crippen LogP contribution in [-0.4, -0.2) is 72.0 Å². The van der Waals surface area contributed by atoms with E-state index in [2.05, 4.69) is 0 Å².